The summed E-state index contributed by atoms with van der Waals surface area (Å²) < 4.78 is 6.14. The van der Waals surface area contributed by atoms with Gasteiger partial charge in [-0.05, 0) is 31.2 Å². The monoisotopic (exact) mass is 425 g/mol. The van der Waals surface area contributed by atoms with Crippen LogP contribution in [0.15, 0.2) is 53.4 Å². The Hall–Kier alpha value is -2.67. The van der Waals surface area contributed by atoms with E-state index in [1.165, 1.54) is 0 Å². The number of rotatable bonds is 6. The molecule has 2 aliphatic rings. The van der Waals surface area contributed by atoms with Gasteiger partial charge >= 0.3 is 0 Å². The van der Waals surface area contributed by atoms with E-state index < -0.39 is 0 Å². The lowest BCUT2D eigenvalue weighted by atomic mass is 10.1. The summed E-state index contributed by atoms with van der Waals surface area (Å²) in [6, 6.07) is 15.9. The molecule has 0 aromatic heterocycles. The standard InChI is InChI=1S/C23H27N3O3S/c1-3-25-15-17(29-20-10-6-4-8-18(20)25)14-24(2)22(27)12-13-26-19-9-5-7-11-21(19)30-16-23(26)28/h4-11,17H,3,12-16H2,1-2H3/t17-/m1/s1. The van der Waals surface area contributed by atoms with E-state index >= 15 is 0 Å². The number of hydrogen-bond donors (Lipinski definition) is 0. The van der Waals surface area contributed by atoms with Crippen molar-refractivity contribution in [3.8, 4) is 5.75 Å². The van der Waals surface area contributed by atoms with Gasteiger partial charge in [0.2, 0.25) is 11.8 Å². The molecule has 6 nitrogen and oxygen atoms in total. The van der Waals surface area contributed by atoms with Crippen molar-refractivity contribution in [3.63, 3.8) is 0 Å². The van der Waals surface area contributed by atoms with Gasteiger partial charge in [0, 0.05) is 31.5 Å². The van der Waals surface area contributed by atoms with Crippen LogP contribution in [0.5, 0.6) is 5.75 Å². The van der Waals surface area contributed by atoms with Crippen LogP contribution in [-0.4, -0.2) is 61.8 Å². The molecule has 4 rings (SSSR count). The fourth-order valence-corrected chi connectivity index (χ4v) is 4.91. The van der Waals surface area contributed by atoms with Crippen LogP contribution in [0.3, 0.4) is 0 Å². The second-order valence-electron chi connectivity index (χ2n) is 7.57. The number of hydrogen-bond acceptors (Lipinski definition) is 5. The molecule has 158 valence electrons. The predicted octanol–water partition coefficient (Wildman–Crippen LogP) is 3.26. The van der Waals surface area contributed by atoms with Gasteiger partial charge in [0.15, 0.2) is 0 Å². The van der Waals surface area contributed by atoms with Crippen LogP contribution >= 0.6 is 11.8 Å². The lowest BCUT2D eigenvalue weighted by Gasteiger charge is -2.37. The lowest BCUT2D eigenvalue weighted by Crippen LogP contribution is -2.47. The minimum absolute atomic E-state index is 0.0176. The number of likely N-dealkylation sites (N-methyl/N-ethyl adjacent to an activating group) is 2. The number of benzene rings is 2. The summed E-state index contributed by atoms with van der Waals surface area (Å²) in [5.41, 5.74) is 2.00. The normalized spacial score (nSPS) is 17.8. The van der Waals surface area contributed by atoms with Gasteiger partial charge in [-0.1, -0.05) is 24.3 Å². The Morgan fingerprint density at radius 3 is 2.70 bits per heavy atom. The van der Waals surface area contributed by atoms with Crippen LogP contribution < -0.4 is 14.5 Å². The topological polar surface area (TPSA) is 53.1 Å². The Bertz CT molecular complexity index is 935. The van der Waals surface area contributed by atoms with Crippen molar-refractivity contribution >= 4 is 35.0 Å². The largest absolute Gasteiger partial charge is 0.485 e. The van der Waals surface area contributed by atoms with Crippen molar-refractivity contribution in [1.82, 2.24) is 4.90 Å². The van der Waals surface area contributed by atoms with Crippen LogP contribution in [-0.2, 0) is 9.59 Å². The van der Waals surface area contributed by atoms with Gasteiger partial charge in [-0.25, -0.2) is 0 Å². The van der Waals surface area contributed by atoms with Crippen molar-refractivity contribution in [2.24, 2.45) is 0 Å². The molecule has 2 aliphatic heterocycles. The van der Waals surface area contributed by atoms with E-state index in [0.29, 0.717) is 25.3 Å². The van der Waals surface area contributed by atoms with Crippen molar-refractivity contribution in [2.45, 2.75) is 24.3 Å². The van der Waals surface area contributed by atoms with E-state index in [1.54, 1.807) is 21.6 Å². The molecule has 1 atom stereocenters. The molecule has 0 spiro atoms. The minimum Gasteiger partial charge on any atom is -0.485 e. The van der Waals surface area contributed by atoms with Crippen LogP contribution in [0.2, 0.25) is 0 Å². The molecule has 0 unspecified atom stereocenters. The molecule has 2 amide bonds. The molecule has 7 heteroatoms. The van der Waals surface area contributed by atoms with Crippen LogP contribution in [0.4, 0.5) is 11.4 Å². The van der Waals surface area contributed by atoms with E-state index in [1.807, 2.05) is 49.5 Å². The van der Waals surface area contributed by atoms with Gasteiger partial charge in [-0.15, -0.1) is 11.8 Å². The lowest BCUT2D eigenvalue weighted by molar-refractivity contribution is -0.130. The molecule has 0 bridgehead atoms. The average molecular weight is 426 g/mol. The minimum atomic E-state index is -0.0810. The second-order valence-corrected chi connectivity index (χ2v) is 8.59. The first kappa shape index (κ1) is 20.6. The van der Waals surface area contributed by atoms with Crippen molar-refractivity contribution in [1.29, 1.82) is 0 Å². The zero-order valence-electron chi connectivity index (χ0n) is 17.4. The summed E-state index contributed by atoms with van der Waals surface area (Å²) in [5, 5.41) is 0. The Morgan fingerprint density at radius 1 is 1.17 bits per heavy atom. The Balaban J connectivity index is 1.35. The molecule has 0 aliphatic carbocycles. The summed E-state index contributed by atoms with van der Waals surface area (Å²) in [7, 11) is 1.81. The molecule has 2 aromatic carbocycles. The van der Waals surface area contributed by atoms with E-state index in [-0.39, 0.29) is 17.9 Å². The molecule has 2 heterocycles. The highest BCUT2D eigenvalue weighted by Crippen LogP contribution is 2.35. The quantitative estimate of drug-likeness (QED) is 0.711. The fourth-order valence-electron chi connectivity index (χ4n) is 3.98. The number of amides is 2. The van der Waals surface area contributed by atoms with Crippen LogP contribution in [0.25, 0.3) is 0 Å². The molecule has 30 heavy (non-hydrogen) atoms. The predicted molar refractivity (Wildman–Crippen MR) is 121 cm³/mol. The smallest absolute Gasteiger partial charge is 0.237 e. The maximum Gasteiger partial charge on any atom is 0.237 e. The van der Waals surface area contributed by atoms with E-state index in [0.717, 1.165) is 35.1 Å². The summed E-state index contributed by atoms with van der Waals surface area (Å²) in [5.74, 6) is 1.36. The first-order valence-electron chi connectivity index (χ1n) is 10.3. The molecule has 0 saturated carbocycles. The van der Waals surface area contributed by atoms with Gasteiger partial charge in [0.05, 0.1) is 30.2 Å². The Morgan fingerprint density at radius 2 is 1.90 bits per heavy atom. The third kappa shape index (κ3) is 4.26. The highest BCUT2D eigenvalue weighted by molar-refractivity contribution is 8.00. The van der Waals surface area contributed by atoms with Crippen LogP contribution in [0, 0.1) is 0 Å². The number of carbonyl (C=O) groups is 2. The summed E-state index contributed by atoms with van der Waals surface area (Å²) >= 11 is 1.55. The summed E-state index contributed by atoms with van der Waals surface area (Å²) in [6.45, 7) is 4.68. The van der Waals surface area contributed by atoms with Gasteiger partial charge in [-0.2, -0.15) is 0 Å². The first-order chi connectivity index (χ1) is 14.6. The van der Waals surface area contributed by atoms with Gasteiger partial charge in [-0.3, -0.25) is 9.59 Å². The highest BCUT2D eigenvalue weighted by atomic mass is 32.2. The SMILES string of the molecule is CCN1C[C@@H](CN(C)C(=O)CCN2C(=O)CSc3ccccc32)Oc2ccccc21. The molecular weight excluding hydrogens is 398 g/mol. The van der Waals surface area contributed by atoms with Crippen molar-refractivity contribution < 1.29 is 14.3 Å². The van der Waals surface area contributed by atoms with Gasteiger partial charge in [0.1, 0.15) is 11.9 Å². The average Bonchev–Trinajstić information content (AvgIpc) is 2.77. The number of nitrogens with zero attached hydrogens (tertiary/aromatic N) is 3. The van der Waals surface area contributed by atoms with E-state index in [9.17, 15) is 9.59 Å². The van der Waals surface area contributed by atoms with Gasteiger partial charge in [0.25, 0.3) is 0 Å². The fraction of sp³-hybridized carbons (Fsp3) is 0.391. The first-order valence-corrected chi connectivity index (χ1v) is 11.3. The number of fused-ring (bicyclic) bond motifs is 2. The molecule has 0 saturated heterocycles. The Kier molecular flexibility index (Phi) is 6.18. The number of carbonyl (C=O) groups excluding carboxylic acids is 2. The third-order valence-electron chi connectivity index (χ3n) is 5.57. The Labute approximate surface area is 181 Å². The van der Waals surface area contributed by atoms with Gasteiger partial charge < -0.3 is 19.4 Å². The number of para-hydroxylation sites is 3. The summed E-state index contributed by atoms with van der Waals surface area (Å²) in [6.07, 6.45) is 0.213. The second kappa shape index (κ2) is 9.00. The summed E-state index contributed by atoms with van der Waals surface area (Å²) in [4.78, 5) is 32.0. The van der Waals surface area contributed by atoms with E-state index in [4.69, 9.17) is 4.74 Å². The number of anilines is 2. The molecule has 2 aromatic rings. The van der Waals surface area contributed by atoms with E-state index in [2.05, 4.69) is 17.9 Å². The number of ether oxygens (including phenoxy) is 1. The number of thioether (sulfide) groups is 1. The van der Waals surface area contributed by atoms with Crippen LogP contribution in [0.1, 0.15) is 13.3 Å². The zero-order chi connectivity index (χ0) is 21.1. The third-order valence-corrected chi connectivity index (χ3v) is 6.61. The van der Waals surface area contributed by atoms with Crippen molar-refractivity contribution in [3.05, 3.63) is 48.5 Å². The maximum absolute atomic E-state index is 12.8. The molecular formula is C23H27N3O3S. The highest BCUT2D eigenvalue weighted by Gasteiger charge is 2.28. The molecule has 0 fully saturated rings. The molecule has 0 N–H and O–H groups in total. The van der Waals surface area contributed by atoms with Crippen molar-refractivity contribution in [2.75, 3.05) is 48.8 Å². The zero-order valence-corrected chi connectivity index (χ0v) is 18.2. The molecule has 0 radical (unpaired) electrons. The maximum atomic E-state index is 12.8.